The van der Waals surface area contributed by atoms with Crippen LogP contribution in [0.25, 0.3) is 0 Å². The zero-order valence-corrected chi connectivity index (χ0v) is 21.1. The number of likely N-dealkylation sites (tertiary alicyclic amines) is 1. The Hall–Kier alpha value is -3.91. The summed E-state index contributed by atoms with van der Waals surface area (Å²) in [5, 5.41) is 15.4. The van der Waals surface area contributed by atoms with Crippen LogP contribution in [0.1, 0.15) is 39.9 Å². The lowest BCUT2D eigenvalue weighted by molar-refractivity contribution is 0.0695. The van der Waals surface area contributed by atoms with E-state index in [0.717, 1.165) is 43.5 Å². The van der Waals surface area contributed by atoms with Crippen molar-refractivity contribution in [2.45, 2.75) is 32.7 Å². The summed E-state index contributed by atoms with van der Waals surface area (Å²) < 4.78 is 18.4. The molecule has 1 saturated heterocycles. The summed E-state index contributed by atoms with van der Waals surface area (Å²) in [5.41, 5.74) is 3.95. The Morgan fingerprint density at radius 3 is 2.46 bits per heavy atom. The van der Waals surface area contributed by atoms with E-state index in [-0.39, 0.29) is 11.4 Å². The van der Waals surface area contributed by atoms with Gasteiger partial charge in [0.25, 0.3) is 0 Å². The Labute approximate surface area is 216 Å². The zero-order chi connectivity index (χ0) is 26.4. The van der Waals surface area contributed by atoms with E-state index in [1.807, 2.05) is 12.1 Å². The predicted molar refractivity (Wildman–Crippen MR) is 142 cm³/mol. The maximum absolute atomic E-state index is 13.2. The summed E-state index contributed by atoms with van der Waals surface area (Å²) in [5.74, 6) is -0.0781. The fraction of sp³-hybridized carbons (Fsp3) is 0.310. The topological polar surface area (TPSA) is 90.9 Å². The molecule has 2 amide bonds. The molecule has 0 atom stereocenters. The molecule has 0 aromatic heterocycles. The lowest BCUT2D eigenvalue weighted by Gasteiger charge is -2.33. The van der Waals surface area contributed by atoms with Crippen molar-refractivity contribution in [3.05, 3.63) is 88.7 Å². The third-order valence-corrected chi connectivity index (χ3v) is 6.93. The maximum Gasteiger partial charge on any atom is 0.335 e. The van der Waals surface area contributed by atoms with Crippen LogP contribution in [0.15, 0.2) is 60.7 Å². The summed E-state index contributed by atoms with van der Waals surface area (Å²) in [6, 6.07) is 16.5. The molecule has 3 aromatic rings. The minimum absolute atomic E-state index is 0.222. The van der Waals surface area contributed by atoms with Gasteiger partial charge in [-0.25, -0.2) is 14.0 Å². The number of amides is 2. The van der Waals surface area contributed by atoms with Crippen molar-refractivity contribution in [2.24, 2.45) is 5.92 Å². The molecule has 1 fully saturated rings. The van der Waals surface area contributed by atoms with Crippen LogP contribution in [0, 0.1) is 18.7 Å². The molecule has 0 bridgehead atoms. The molecule has 3 aromatic carbocycles. The first-order valence-corrected chi connectivity index (χ1v) is 12.4. The number of methoxy groups -OCH3 is 1. The highest BCUT2D eigenvalue weighted by Gasteiger charge is 2.23. The predicted octanol–water partition coefficient (Wildman–Crippen LogP) is 5.94. The number of ether oxygens (including phenoxy) is 1. The van der Waals surface area contributed by atoms with Gasteiger partial charge in [0.05, 0.1) is 12.7 Å². The van der Waals surface area contributed by atoms with Crippen molar-refractivity contribution in [3.63, 3.8) is 0 Å². The average Bonchev–Trinajstić information content (AvgIpc) is 2.88. The number of rotatable bonds is 8. The highest BCUT2D eigenvalue weighted by molar-refractivity contribution is 6.01. The number of carboxylic acids is 1. The van der Waals surface area contributed by atoms with Gasteiger partial charge >= 0.3 is 12.0 Å². The molecule has 1 aliphatic rings. The second-order valence-corrected chi connectivity index (χ2v) is 9.43. The lowest BCUT2D eigenvalue weighted by atomic mass is 9.89. The number of benzene rings is 3. The molecule has 8 heteroatoms. The van der Waals surface area contributed by atoms with E-state index in [2.05, 4.69) is 15.5 Å². The summed E-state index contributed by atoms with van der Waals surface area (Å²) in [6.07, 6.45) is 2.90. The van der Waals surface area contributed by atoms with Crippen LogP contribution in [0.2, 0.25) is 0 Å². The number of hydrogen-bond donors (Lipinski definition) is 3. The molecule has 194 valence electrons. The van der Waals surface area contributed by atoms with Crippen LogP contribution >= 0.6 is 0 Å². The standard InChI is InChI=1S/C29H32FN3O4/c1-19-25(28(34)35)10-11-27(32-29(36)31-23-4-3-5-24(17-23)37-2)26(19)18-33-14-12-21(13-15-33)16-20-6-8-22(30)9-7-20/h3-11,17,21H,12-16,18H2,1-2H3,(H,34,35)(H2,31,32,36). The molecule has 0 saturated carbocycles. The molecule has 1 aliphatic heterocycles. The van der Waals surface area contributed by atoms with Crippen molar-refractivity contribution in [1.29, 1.82) is 0 Å². The molecule has 0 radical (unpaired) electrons. The molecule has 37 heavy (non-hydrogen) atoms. The Bertz CT molecular complexity index is 1250. The summed E-state index contributed by atoms with van der Waals surface area (Å²) in [4.78, 5) is 26.9. The number of piperidine rings is 1. The van der Waals surface area contributed by atoms with Crippen molar-refractivity contribution in [3.8, 4) is 5.75 Å². The number of carbonyl (C=O) groups is 2. The molecule has 3 N–H and O–H groups in total. The van der Waals surface area contributed by atoms with Gasteiger partial charge in [0, 0.05) is 24.0 Å². The van der Waals surface area contributed by atoms with Gasteiger partial charge in [0.15, 0.2) is 0 Å². The van der Waals surface area contributed by atoms with Crippen LogP contribution in [0.5, 0.6) is 5.75 Å². The maximum atomic E-state index is 13.2. The number of urea groups is 1. The highest BCUT2D eigenvalue weighted by Crippen LogP contribution is 2.29. The van der Waals surface area contributed by atoms with E-state index in [1.165, 1.54) is 18.2 Å². The van der Waals surface area contributed by atoms with E-state index in [0.29, 0.717) is 35.2 Å². The first-order valence-electron chi connectivity index (χ1n) is 12.4. The van der Waals surface area contributed by atoms with E-state index >= 15 is 0 Å². The van der Waals surface area contributed by atoms with Crippen LogP contribution in [-0.4, -0.2) is 42.2 Å². The van der Waals surface area contributed by atoms with E-state index in [4.69, 9.17) is 4.74 Å². The van der Waals surface area contributed by atoms with Gasteiger partial charge in [0.1, 0.15) is 11.6 Å². The number of halogens is 1. The first-order chi connectivity index (χ1) is 17.8. The van der Waals surface area contributed by atoms with Gasteiger partial charge in [-0.3, -0.25) is 4.90 Å². The quantitative estimate of drug-likeness (QED) is 0.353. The minimum atomic E-state index is -0.996. The molecule has 7 nitrogen and oxygen atoms in total. The highest BCUT2D eigenvalue weighted by atomic mass is 19.1. The normalized spacial score (nSPS) is 14.2. The van der Waals surface area contributed by atoms with Gasteiger partial charge in [-0.15, -0.1) is 0 Å². The van der Waals surface area contributed by atoms with E-state index in [9.17, 15) is 19.1 Å². The van der Waals surface area contributed by atoms with E-state index < -0.39 is 12.0 Å². The molecular weight excluding hydrogens is 473 g/mol. The average molecular weight is 506 g/mol. The van der Waals surface area contributed by atoms with Gasteiger partial charge in [-0.2, -0.15) is 0 Å². The molecule has 0 spiro atoms. The smallest absolute Gasteiger partial charge is 0.335 e. The number of anilines is 2. The van der Waals surface area contributed by atoms with Crippen molar-refractivity contribution < 1.29 is 23.8 Å². The monoisotopic (exact) mass is 505 g/mol. The summed E-state index contributed by atoms with van der Waals surface area (Å²) in [7, 11) is 1.56. The van der Waals surface area contributed by atoms with Gasteiger partial charge in [-0.05, 0) is 98.3 Å². The minimum Gasteiger partial charge on any atom is -0.497 e. The number of carboxylic acid groups (broad SMARTS) is 1. The Balaban J connectivity index is 1.44. The Morgan fingerprint density at radius 2 is 1.78 bits per heavy atom. The third-order valence-electron chi connectivity index (χ3n) is 6.93. The van der Waals surface area contributed by atoms with Crippen molar-refractivity contribution in [1.82, 2.24) is 4.90 Å². The van der Waals surface area contributed by atoms with Crippen LogP contribution in [0.3, 0.4) is 0 Å². The number of nitrogens with zero attached hydrogens (tertiary/aromatic N) is 1. The third kappa shape index (κ3) is 6.86. The summed E-state index contributed by atoms with van der Waals surface area (Å²) >= 11 is 0. The molecule has 4 rings (SSSR count). The number of aromatic carboxylic acids is 1. The second-order valence-electron chi connectivity index (χ2n) is 9.43. The molecule has 0 aliphatic carbocycles. The molecular formula is C29H32FN3O4. The second kappa shape index (κ2) is 11.9. The fourth-order valence-corrected chi connectivity index (χ4v) is 4.82. The van der Waals surface area contributed by atoms with Crippen LogP contribution in [0.4, 0.5) is 20.6 Å². The zero-order valence-electron chi connectivity index (χ0n) is 21.1. The van der Waals surface area contributed by atoms with Crippen molar-refractivity contribution in [2.75, 3.05) is 30.8 Å². The fourth-order valence-electron chi connectivity index (χ4n) is 4.82. The number of carbonyl (C=O) groups excluding carboxylic acids is 1. The van der Waals surface area contributed by atoms with Gasteiger partial charge in [0.2, 0.25) is 0 Å². The molecule has 1 heterocycles. The SMILES string of the molecule is COc1cccc(NC(=O)Nc2ccc(C(=O)O)c(C)c2CN2CCC(Cc3ccc(F)cc3)CC2)c1. The van der Waals surface area contributed by atoms with Crippen LogP contribution in [-0.2, 0) is 13.0 Å². The van der Waals surface area contributed by atoms with Crippen molar-refractivity contribution >= 4 is 23.4 Å². The number of nitrogens with one attached hydrogen (secondary N) is 2. The molecule has 0 unspecified atom stereocenters. The number of hydrogen-bond acceptors (Lipinski definition) is 4. The van der Waals surface area contributed by atoms with Crippen LogP contribution < -0.4 is 15.4 Å². The first kappa shape index (κ1) is 26.2. The Morgan fingerprint density at radius 1 is 1.05 bits per heavy atom. The van der Waals surface area contributed by atoms with Gasteiger partial charge < -0.3 is 20.5 Å². The Kier molecular flexibility index (Phi) is 8.40. The van der Waals surface area contributed by atoms with E-state index in [1.54, 1.807) is 44.4 Å². The van der Waals surface area contributed by atoms with Gasteiger partial charge in [-0.1, -0.05) is 18.2 Å². The summed E-state index contributed by atoms with van der Waals surface area (Å²) in [6.45, 7) is 4.03. The lowest BCUT2D eigenvalue weighted by Crippen LogP contribution is -2.34. The largest absolute Gasteiger partial charge is 0.497 e.